The van der Waals surface area contributed by atoms with Crippen LogP contribution in [-0.2, 0) is 30.9 Å². The van der Waals surface area contributed by atoms with Gasteiger partial charge in [-0.2, -0.15) is 4.31 Å². The normalized spacial score (nSPS) is 13.7. The number of hydrogen-bond donors (Lipinski definition) is 1. The van der Waals surface area contributed by atoms with Crippen molar-refractivity contribution in [1.82, 2.24) is 4.31 Å². The summed E-state index contributed by atoms with van der Waals surface area (Å²) in [6.45, 7) is 6.89. The van der Waals surface area contributed by atoms with Gasteiger partial charge in [0.15, 0.2) is 0 Å². The molecule has 0 spiro atoms. The van der Waals surface area contributed by atoms with E-state index in [9.17, 15) is 18.3 Å². The van der Waals surface area contributed by atoms with Gasteiger partial charge in [-0.05, 0) is 61.8 Å². The second-order valence-corrected chi connectivity index (χ2v) is 11.0. The van der Waals surface area contributed by atoms with E-state index >= 15 is 0 Å². The van der Waals surface area contributed by atoms with Gasteiger partial charge in [-0.15, -0.1) is 0 Å². The van der Waals surface area contributed by atoms with Crippen LogP contribution in [0.25, 0.3) is 0 Å². The van der Waals surface area contributed by atoms with Crippen molar-refractivity contribution in [2.24, 2.45) is 5.92 Å². The lowest BCUT2D eigenvalue weighted by Crippen LogP contribution is -2.46. The number of nitrogens with zero attached hydrogens (tertiary/aromatic N) is 1. The maximum atomic E-state index is 13.6. The van der Waals surface area contributed by atoms with E-state index in [1.165, 1.54) is 23.5 Å². The van der Waals surface area contributed by atoms with Crippen LogP contribution >= 0.6 is 0 Å². The van der Waals surface area contributed by atoms with Crippen LogP contribution in [0.4, 0.5) is 0 Å². The number of esters is 1. The summed E-state index contributed by atoms with van der Waals surface area (Å²) < 4.78 is 39.2. The van der Waals surface area contributed by atoms with Gasteiger partial charge in [0.1, 0.15) is 6.04 Å². The van der Waals surface area contributed by atoms with Crippen LogP contribution in [0, 0.1) is 5.92 Å². The zero-order chi connectivity index (χ0) is 25.8. The zero-order valence-electron chi connectivity index (χ0n) is 21.2. The van der Waals surface area contributed by atoms with Crippen molar-refractivity contribution in [2.75, 3.05) is 20.3 Å². The SMILES string of the molecule is COC(=O)[C@H](CCCCOCc1ccccc1)N(CCC(C)C)S(=O)(=O)c1ccc([C@H](C)O)cc1. The fourth-order valence-corrected chi connectivity index (χ4v) is 5.33. The Morgan fingerprint density at radius 3 is 2.20 bits per heavy atom. The van der Waals surface area contributed by atoms with E-state index in [2.05, 4.69) is 0 Å². The third-order valence-electron chi connectivity index (χ3n) is 5.84. The van der Waals surface area contributed by atoms with Gasteiger partial charge in [-0.3, -0.25) is 4.79 Å². The molecular weight excluding hydrogens is 466 g/mol. The maximum absolute atomic E-state index is 13.6. The van der Waals surface area contributed by atoms with Crippen molar-refractivity contribution < 1.29 is 27.8 Å². The van der Waals surface area contributed by atoms with Crippen LogP contribution in [0.1, 0.15) is 63.7 Å². The van der Waals surface area contributed by atoms with Crippen molar-refractivity contribution in [1.29, 1.82) is 0 Å². The number of rotatable bonds is 15. The number of unbranched alkanes of at least 4 members (excludes halogenated alkanes) is 1. The Balaban J connectivity index is 2.12. The van der Waals surface area contributed by atoms with Crippen molar-refractivity contribution >= 4 is 16.0 Å². The quantitative estimate of drug-likeness (QED) is 0.278. The molecule has 0 aromatic heterocycles. The van der Waals surface area contributed by atoms with E-state index in [-0.39, 0.29) is 17.4 Å². The third kappa shape index (κ3) is 9.04. The van der Waals surface area contributed by atoms with Gasteiger partial charge in [0.25, 0.3) is 0 Å². The molecule has 0 saturated heterocycles. The first-order chi connectivity index (χ1) is 16.7. The van der Waals surface area contributed by atoms with Crippen LogP contribution in [0.3, 0.4) is 0 Å². The molecular formula is C27H39NO6S. The predicted molar refractivity (Wildman–Crippen MR) is 136 cm³/mol. The lowest BCUT2D eigenvalue weighted by molar-refractivity contribution is -0.145. The first-order valence-electron chi connectivity index (χ1n) is 12.2. The summed E-state index contributed by atoms with van der Waals surface area (Å²) in [5.74, 6) is -0.307. The van der Waals surface area contributed by atoms with Gasteiger partial charge in [0.05, 0.1) is 24.7 Å². The first-order valence-corrected chi connectivity index (χ1v) is 13.6. The first kappa shape index (κ1) is 29.0. The minimum absolute atomic E-state index is 0.0887. The molecule has 0 aliphatic heterocycles. The fourth-order valence-electron chi connectivity index (χ4n) is 3.70. The average molecular weight is 506 g/mol. The summed E-state index contributed by atoms with van der Waals surface area (Å²) in [4.78, 5) is 12.8. The molecule has 0 fully saturated rings. The highest BCUT2D eigenvalue weighted by molar-refractivity contribution is 7.89. The smallest absolute Gasteiger partial charge is 0.324 e. The molecule has 1 N–H and O–H groups in total. The Labute approximate surface area is 210 Å². The van der Waals surface area contributed by atoms with Gasteiger partial charge in [-0.1, -0.05) is 56.3 Å². The lowest BCUT2D eigenvalue weighted by Gasteiger charge is -2.30. The standard InChI is InChI=1S/C27H39NO6S/c1-21(2)17-18-28(35(31,32)25-15-13-24(14-16-25)22(3)29)26(27(30)33-4)12-8-9-19-34-20-23-10-6-5-7-11-23/h5-7,10-11,13-16,21-22,26,29H,8-9,12,17-20H2,1-4H3/t22-,26-/m0/s1. The molecule has 0 heterocycles. The van der Waals surface area contributed by atoms with E-state index in [1.807, 2.05) is 44.2 Å². The number of benzene rings is 2. The fraction of sp³-hybridized carbons (Fsp3) is 0.519. The molecule has 7 nitrogen and oxygen atoms in total. The molecule has 2 aromatic carbocycles. The number of carbonyl (C=O) groups excluding carboxylic acids is 1. The minimum atomic E-state index is -3.96. The second kappa shape index (κ2) is 14.3. The van der Waals surface area contributed by atoms with Gasteiger partial charge in [0.2, 0.25) is 10.0 Å². The van der Waals surface area contributed by atoms with Gasteiger partial charge < -0.3 is 14.6 Å². The lowest BCUT2D eigenvalue weighted by atomic mass is 10.1. The minimum Gasteiger partial charge on any atom is -0.468 e. The van der Waals surface area contributed by atoms with Crippen LogP contribution in [0.5, 0.6) is 0 Å². The summed E-state index contributed by atoms with van der Waals surface area (Å²) >= 11 is 0. The highest BCUT2D eigenvalue weighted by Crippen LogP contribution is 2.25. The summed E-state index contributed by atoms with van der Waals surface area (Å²) in [5.41, 5.74) is 1.71. The Hall–Kier alpha value is -2.26. The van der Waals surface area contributed by atoms with E-state index in [0.717, 1.165) is 5.56 Å². The number of hydrogen-bond acceptors (Lipinski definition) is 6. The molecule has 0 aliphatic rings. The molecule has 0 amide bonds. The number of ether oxygens (including phenoxy) is 2. The summed E-state index contributed by atoms with van der Waals surface area (Å²) in [6.07, 6.45) is 1.56. The molecule has 194 valence electrons. The zero-order valence-corrected chi connectivity index (χ0v) is 22.0. The molecule has 0 aliphatic carbocycles. The molecule has 2 atom stereocenters. The van der Waals surface area contributed by atoms with E-state index < -0.39 is 28.1 Å². The number of carbonyl (C=O) groups is 1. The Morgan fingerprint density at radius 2 is 1.63 bits per heavy atom. The Kier molecular flexibility index (Phi) is 11.9. The molecule has 0 saturated carbocycles. The van der Waals surface area contributed by atoms with Crippen molar-refractivity contribution in [3.63, 3.8) is 0 Å². The van der Waals surface area contributed by atoms with E-state index in [4.69, 9.17) is 9.47 Å². The largest absolute Gasteiger partial charge is 0.468 e. The molecule has 2 rings (SSSR count). The number of aliphatic hydroxyl groups is 1. The Morgan fingerprint density at radius 1 is 0.971 bits per heavy atom. The average Bonchev–Trinajstić information content (AvgIpc) is 2.84. The maximum Gasteiger partial charge on any atom is 0.324 e. The van der Waals surface area contributed by atoms with E-state index in [0.29, 0.717) is 44.5 Å². The van der Waals surface area contributed by atoms with Crippen molar-refractivity contribution in [2.45, 2.75) is 70.1 Å². The highest BCUT2D eigenvalue weighted by Gasteiger charge is 2.36. The molecule has 0 unspecified atom stereocenters. The molecule has 0 bridgehead atoms. The van der Waals surface area contributed by atoms with Crippen LogP contribution in [-0.4, -0.2) is 50.1 Å². The number of aliphatic hydroxyl groups excluding tert-OH is 1. The van der Waals surface area contributed by atoms with Crippen molar-refractivity contribution in [3.8, 4) is 0 Å². The number of sulfonamides is 1. The predicted octanol–water partition coefficient (Wildman–Crippen LogP) is 4.71. The van der Waals surface area contributed by atoms with E-state index in [1.54, 1.807) is 19.1 Å². The highest BCUT2D eigenvalue weighted by atomic mass is 32.2. The molecule has 35 heavy (non-hydrogen) atoms. The van der Waals surface area contributed by atoms with Gasteiger partial charge in [-0.25, -0.2) is 8.42 Å². The molecule has 2 aromatic rings. The van der Waals surface area contributed by atoms with Crippen LogP contribution < -0.4 is 0 Å². The molecule has 8 heteroatoms. The monoisotopic (exact) mass is 505 g/mol. The Bertz CT molecular complexity index is 990. The molecule has 0 radical (unpaired) electrons. The summed E-state index contributed by atoms with van der Waals surface area (Å²) in [6, 6.07) is 15.1. The van der Waals surface area contributed by atoms with Crippen molar-refractivity contribution in [3.05, 3.63) is 65.7 Å². The summed E-state index contributed by atoms with van der Waals surface area (Å²) in [5, 5.41) is 9.76. The second-order valence-electron chi connectivity index (χ2n) is 9.12. The van der Waals surface area contributed by atoms with Crippen LogP contribution in [0.2, 0.25) is 0 Å². The third-order valence-corrected chi connectivity index (χ3v) is 7.77. The summed E-state index contributed by atoms with van der Waals surface area (Å²) in [7, 11) is -2.68. The van der Waals surface area contributed by atoms with Gasteiger partial charge >= 0.3 is 5.97 Å². The van der Waals surface area contributed by atoms with Gasteiger partial charge in [0, 0.05) is 13.2 Å². The van der Waals surface area contributed by atoms with Crippen LogP contribution in [0.15, 0.2) is 59.5 Å². The number of methoxy groups -OCH3 is 1. The topological polar surface area (TPSA) is 93.1 Å².